The van der Waals surface area contributed by atoms with Gasteiger partial charge in [0.25, 0.3) is 6.43 Å². The molecule has 2 saturated heterocycles. The average Bonchev–Trinajstić information content (AvgIpc) is 3.74. The van der Waals surface area contributed by atoms with E-state index < -0.39 is 17.9 Å². The van der Waals surface area contributed by atoms with Crippen LogP contribution in [0.4, 0.5) is 20.3 Å². The number of alkyl halides is 2. The van der Waals surface area contributed by atoms with Gasteiger partial charge in [-0.15, -0.1) is 0 Å². The van der Waals surface area contributed by atoms with E-state index in [1.54, 1.807) is 12.3 Å². The average molecular weight is 729 g/mol. The van der Waals surface area contributed by atoms with Crippen LogP contribution in [0.2, 0.25) is 0 Å². The van der Waals surface area contributed by atoms with Gasteiger partial charge in [0.2, 0.25) is 5.89 Å². The number of hydrogen-bond acceptors (Lipinski definition) is 10. The Morgan fingerprint density at radius 2 is 1.61 bits per heavy atom. The van der Waals surface area contributed by atoms with Crippen molar-refractivity contribution in [2.24, 2.45) is 0 Å². The van der Waals surface area contributed by atoms with Crippen LogP contribution in [-0.2, 0) is 13.1 Å². The Bertz CT molecular complexity index is 2410. The molecular formula is C42H42F2N8O2. The van der Waals surface area contributed by atoms with Gasteiger partial charge in [0.05, 0.1) is 16.7 Å². The van der Waals surface area contributed by atoms with Gasteiger partial charge in [0.1, 0.15) is 17.1 Å². The summed E-state index contributed by atoms with van der Waals surface area (Å²) < 4.78 is 34.5. The summed E-state index contributed by atoms with van der Waals surface area (Å²) >= 11 is 0. The number of aliphatic hydroxyl groups is 1. The zero-order chi connectivity index (χ0) is 37.6. The molecule has 12 heteroatoms. The van der Waals surface area contributed by atoms with Gasteiger partial charge in [-0.3, -0.25) is 14.8 Å². The smallest absolute Gasteiger partial charge is 0.297 e. The number of nitrogens with one attached hydrogen (secondary N) is 1. The quantitative estimate of drug-likeness (QED) is 0.149. The van der Waals surface area contributed by atoms with Gasteiger partial charge < -0.3 is 14.8 Å². The number of benzene rings is 3. The van der Waals surface area contributed by atoms with Crippen LogP contribution in [-0.4, -0.2) is 66.6 Å². The zero-order valence-corrected chi connectivity index (χ0v) is 30.7. The Labute approximate surface area is 312 Å². The van der Waals surface area contributed by atoms with E-state index in [9.17, 15) is 19.1 Å². The summed E-state index contributed by atoms with van der Waals surface area (Å²) in [6.45, 7) is 10.5. The third-order valence-electron chi connectivity index (χ3n) is 10.7. The Morgan fingerprint density at radius 1 is 0.889 bits per heavy atom. The highest BCUT2D eigenvalue weighted by Gasteiger charge is 2.31. The maximum absolute atomic E-state index is 14.1. The van der Waals surface area contributed by atoms with Crippen molar-refractivity contribution in [3.63, 3.8) is 0 Å². The third kappa shape index (κ3) is 7.14. The lowest BCUT2D eigenvalue weighted by Crippen LogP contribution is -2.29. The summed E-state index contributed by atoms with van der Waals surface area (Å²) in [5.41, 5.74) is 8.64. The van der Waals surface area contributed by atoms with E-state index in [2.05, 4.69) is 36.1 Å². The number of piperidine rings is 1. The highest BCUT2D eigenvalue weighted by atomic mass is 19.3. The number of hydrogen-bond donors (Lipinski definition) is 2. The number of likely N-dealkylation sites (tertiary alicyclic amines) is 2. The minimum atomic E-state index is -2.87. The summed E-state index contributed by atoms with van der Waals surface area (Å²) in [5.74, 6) is 0.0495. The highest BCUT2D eigenvalue weighted by molar-refractivity contribution is 5.90. The molecule has 2 fully saturated rings. The Balaban J connectivity index is 1.10. The first kappa shape index (κ1) is 35.7. The lowest BCUT2D eigenvalue weighted by atomic mass is 9.93. The first-order chi connectivity index (χ1) is 26.0. The molecular weight excluding hydrogens is 687 g/mol. The summed E-state index contributed by atoms with van der Waals surface area (Å²) in [4.78, 5) is 22.4. The number of rotatable bonds is 9. The monoisotopic (exact) mass is 728 g/mol. The molecule has 54 heavy (non-hydrogen) atoms. The van der Waals surface area contributed by atoms with E-state index in [1.807, 2.05) is 69.3 Å². The van der Waals surface area contributed by atoms with Crippen molar-refractivity contribution in [1.29, 1.82) is 5.26 Å². The molecule has 10 nitrogen and oxygen atoms in total. The molecule has 0 unspecified atom stereocenters. The normalized spacial score (nSPS) is 18.2. The van der Waals surface area contributed by atoms with Crippen LogP contribution < -0.4 is 5.32 Å². The standard InChI is InChI=1S/C42H42F2N8O2/c1-25-30(9-7-11-32(25)41-49-35-18-27(17-29(20-45)37(35)54-41)22-51-14-5-4-6-15-51)31-10-8-12-33(26(31)2)47-39-36-34(48-40(50-39)38(43)44)19-28(21-46-36)23-52-16-13-42(3,53)24-52/h7-12,17-19,21,38,53H,4-6,13-16,22-24H2,1-3H3,(H,47,48,50)/t42-/m0/s1. The molecule has 2 aliphatic rings. The van der Waals surface area contributed by atoms with Gasteiger partial charge >= 0.3 is 0 Å². The summed E-state index contributed by atoms with van der Waals surface area (Å²) in [7, 11) is 0. The van der Waals surface area contributed by atoms with Gasteiger partial charge in [-0.1, -0.05) is 30.7 Å². The molecule has 0 spiro atoms. The van der Waals surface area contributed by atoms with Gasteiger partial charge in [0, 0.05) is 43.6 Å². The number of pyridine rings is 1. The number of nitriles is 1. The minimum Gasteiger partial charge on any atom is -0.435 e. The maximum atomic E-state index is 14.1. The number of oxazole rings is 1. The number of aromatic nitrogens is 4. The van der Waals surface area contributed by atoms with Crippen LogP contribution in [0.25, 0.3) is 44.7 Å². The fraction of sp³-hybridized carbons (Fsp3) is 0.357. The Morgan fingerprint density at radius 3 is 2.35 bits per heavy atom. The maximum Gasteiger partial charge on any atom is 0.297 e. The third-order valence-corrected chi connectivity index (χ3v) is 10.7. The number of anilines is 2. The number of nitrogens with zero attached hydrogens (tertiary/aromatic N) is 7. The van der Waals surface area contributed by atoms with Crippen molar-refractivity contribution in [2.75, 3.05) is 31.5 Å². The van der Waals surface area contributed by atoms with Crippen LogP contribution in [0.1, 0.15) is 72.7 Å². The van der Waals surface area contributed by atoms with Gasteiger partial charge in [-0.2, -0.15) is 5.26 Å². The molecule has 0 aliphatic carbocycles. The van der Waals surface area contributed by atoms with E-state index in [-0.39, 0.29) is 5.82 Å². The van der Waals surface area contributed by atoms with Gasteiger partial charge in [0.15, 0.2) is 17.2 Å². The van der Waals surface area contributed by atoms with Crippen molar-refractivity contribution in [2.45, 2.75) is 71.6 Å². The first-order valence-corrected chi connectivity index (χ1v) is 18.5. The zero-order valence-electron chi connectivity index (χ0n) is 30.7. The molecule has 3 aromatic heterocycles. The molecule has 2 aliphatic heterocycles. The number of β-amino-alcohol motifs (C(OH)–C–C–N with tert-alkyl or cyclic N) is 1. The van der Waals surface area contributed by atoms with Gasteiger partial charge in [-0.25, -0.2) is 23.7 Å². The SMILES string of the molecule is Cc1c(Nc2nc(C(F)F)nc3cc(CN4CC[C@](C)(O)C4)cnc23)cccc1-c1cccc(-c2nc3cc(CN4CCCCC4)cc(C#N)c3o2)c1C. The first-order valence-electron chi connectivity index (χ1n) is 18.5. The van der Waals surface area contributed by atoms with Crippen LogP contribution in [0.5, 0.6) is 0 Å². The van der Waals surface area contributed by atoms with E-state index in [1.165, 1.54) is 19.3 Å². The van der Waals surface area contributed by atoms with Crippen LogP contribution >= 0.6 is 0 Å². The van der Waals surface area contributed by atoms with Crippen LogP contribution in [0.15, 0.2) is 65.2 Å². The molecule has 5 heterocycles. The van der Waals surface area contributed by atoms with Crippen molar-refractivity contribution >= 4 is 33.6 Å². The van der Waals surface area contributed by atoms with Crippen LogP contribution in [0, 0.1) is 25.2 Å². The molecule has 0 amide bonds. The number of halogens is 2. The molecule has 1 atom stereocenters. The topological polar surface area (TPSA) is 127 Å². The van der Waals surface area contributed by atoms with Crippen molar-refractivity contribution < 1.29 is 18.3 Å². The molecule has 6 aromatic rings. The van der Waals surface area contributed by atoms with Crippen molar-refractivity contribution in [3.05, 3.63) is 94.4 Å². The van der Waals surface area contributed by atoms with Crippen LogP contribution in [0.3, 0.4) is 0 Å². The Hall–Kier alpha value is -5.35. The molecule has 0 radical (unpaired) electrons. The lowest BCUT2D eigenvalue weighted by molar-refractivity contribution is 0.0679. The lowest BCUT2D eigenvalue weighted by Gasteiger charge is -2.26. The second-order valence-corrected chi connectivity index (χ2v) is 14.9. The predicted molar refractivity (Wildman–Crippen MR) is 204 cm³/mol. The molecule has 8 rings (SSSR count). The summed E-state index contributed by atoms with van der Waals surface area (Å²) in [6.07, 6.45) is 3.15. The molecule has 2 N–H and O–H groups in total. The largest absolute Gasteiger partial charge is 0.435 e. The van der Waals surface area contributed by atoms with Gasteiger partial charge in [-0.05, 0) is 117 Å². The van der Waals surface area contributed by atoms with Crippen molar-refractivity contribution in [3.8, 4) is 28.7 Å². The summed E-state index contributed by atoms with van der Waals surface area (Å²) in [6, 6.07) is 19.8. The van der Waals surface area contributed by atoms with E-state index >= 15 is 0 Å². The predicted octanol–water partition coefficient (Wildman–Crippen LogP) is 8.61. The highest BCUT2D eigenvalue weighted by Crippen LogP contribution is 2.38. The Kier molecular flexibility index (Phi) is 9.56. The van der Waals surface area contributed by atoms with E-state index in [0.29, 0.717) is 58.8 Å². The van der Waals surface area contributed by atoms with Crippen molar-refractivity contribution in [1.82, 2.24) is 29.7 Å². The molecule has 0 bridgehead atoms. The minimum absolute atomic E-state index is 0.191. The molecule has 3 aromatic carbocycles. The fourth-order valence-electron chi connectivity index (χ4n) is 7.89. The fourth-order valence-corrected chi connectivity index (χ4v) is 7.89. The van der Waals surface area contributed by atoms with E-state index in [0.717, 1.165) is 65.1 Å². The van der Waals surface area contributed by atoms with E-state index in [4.69, 9.17) is 9.40 Å². The molecule has 276 valence electrons. The molecule has 0 saturated carbocycles. The second-order valence-electron chi connectivity index (χ2n) is 14.9. The number of fused-ring (bicyclic) bond motifs is 2. The second kappa shape index (κ2) is 14.5. The summed E-state index contributed by atoms with van der Waals surface area (Å²) in [5, 5.41) is 23.7.